The van der Waals surface area contributed by atoms with Crippen LogP contribution in [0.25, 0.3) is 0 Å². The Balaban J connectivity index is 1.53. The van der Waals surface area contributed by atoms with Gasteiger partial charge in [-0.05, 0) is 61.0 Å². The van der Waals surface area contributed by atoms with Crippen molar-refractivity contribution in [2.45, 2.75) is 11.8 Å². The molecule has 3 aromatic carbocycles. The SMILES string of the molecule is Cc1ccccc1C(=O)Nc1ccc(SCC(=O)Nc2cc(Cl)cc(Cl)c2)cc1. The number of benzene rings is 3. The zero-order valence-corrected chi connectivity index (χ0v) is 17.9. The van der Waals surface area contributed by atoms with Crippen molar-refractivity contribution >= 4 is 58.2 Å². The second-order valence-corrected chi connectivity index (χ2v) is 8.21. The number of thioether (sulfide) groups is 1. The van der Waals surface area contributed by atoms with Gasteiger partial charge in [0, 0.05) is 31.9 Å². The number of anilines is 2. The maximum atomic E-state index is 12.4. The van der Waals surface area contributed by atoms with Gasteiger partial charge in [-0.1, -0.05) is 41.4 Å². The van der Waals surface area contributed by atoms with Crippen LogP contribution in [0.1, 0.15) is 15.9 Å². The van der Waals surface area contributed by atoms with E-state index in [1.165, 1.54) is 11.8 Å². The number of carbonyl (C=O) groups is 2. The van der Waals surface area contributed by atoms with Crippen LogP contribution in [0, 0.1) is 6.92 Å². The van der Waals surface area contributed by atoms with E-state index in [2.05, 4.69) is 10.6 Å². The molecule has 0 aliphatic carbocycles. The Morgan fingerprint density at radius 3 is 2.17 bits per heavy atom. The highest BCUT2D eigenvalue weighted by Crippen LogP contribution is 2.24. The number of amides is 2. The summed E-state index contributed by atoms with van der Waals surface area (Å²) >= 11 is 13.3. The molecule has 0 unspecified atom stereocenters. The molecule has 0 atom stereocenters. The largest absolute Gasteiger partial charge is 0.325 e. The minimum absolute atomic E-state index is 0.150. The van der Waals surface area contributed by atoms with E-state index in [1.54, 1.807) is 24.3 Å². The first-order valence-electron chi connectivity index (χ1n) is 8.76. The van der Waals surface area contributed by atoms with Gasteiger partial charge in [-0.3, -0.25) is 9.59 Å². The molecule has 0 spiro atoms. The van der Waals surface area contributed by atoms with Crippen molar-refractivity contribution in [1.82, 2.24) is 0 Å². The first kappa shape index (κ1) is 21.2. The van der Waals surface area contributed by atoms with Crippen molar-refractivity contribution in [2.75, 3.05) is 16.4 Å². The van der Waals surface area contributed by atoms with Crippen molar-refractivity contribution in [1.29, 1.82) is 0 Å². The summed E-state index contributed by atoms with van der Waals surface area (Å²) in [5, 5.41) is 6.57. The van der Waals surface area contributed by atoms with Crippen molar-refractivity contribution in [3.63, 3.8) is 0 Å². The zero-order chi connectivity index (χ0) is 20.8. The quantitative estimate of drug-likeness (QED) is 0.439. The van der Waals surface area contributed by atoms with Crippen molar-refractivity contribution in [2.24, 2.45) is 0 Å². The van der Waals surface area contributed by atoms with E-state index >= 15 is 0 Å². The van der Waals surface area contributed by atoms with Gasteiger partial charge in [-0.25, -0.2) is 0 Å². The molecule has 0 fully saturated rings. The fourth-order valence-electron chi connectivity index (χ4n) is 2.63. The molecule has 4 nitrogen and oxygen atoms in total. The maximum absolute atomic E-state index is 12.4. The first-order chi connectivity index (χ1) is 13.9. The molecule has 2 amide bonds. The lowest BCUT2D eigenvalue weighted by atomic mass is 10.1. The summed E-state index contributed by atoms with van der Waals surface area (Å²) in [5.74, 6) is -0.0766. The molecule has 3 aromatic rings. The Hall–Kier alpha value is -2.47. The molecule has 148 valence electrons. The monoisotopic (exact) mass is 444 g/mol. The Kier molecular flexibility index (Phi) is 7.20. The Labute approximate surface area is 183 Å². The Bertz CT molecular complexity index is 1020. The van der Waals surface area contributed by atoms with Crippen LogP contribution >= 0.6 is 35.0 Å². The average molecular weight is 445 g/mol. The summed E-state index contributed by atoms with van der Waals surface area (Å²) in [4.78, 5) is 25.4. The predicted molar refractivity (Wildman–Crippen MR) is 121 cm³/mol. The van der Waals surface area contributed by atoms with Gasteiger partial charge in [0.15, 0.2) is 0 Å². The highest BCUT2D eigenvalue weighted by molar-refractivity contribution is 8.00. The van der Waals surface area contributed by atoms with Gasteiger partial charge in [0.1, 0.15) is 0 Å². The van der Waals surface area contributed by atoms with Crippen LogP contribution in [0.4, 0.5) is 11.4 Å². The molecule has 0 aliphatic rings. The van der Waals surface area contributed by atoms with Crippen LogP contribution in [-0.2, 0) is 4.79 Å². The van der Waals surface area contributed by atoms with Crippen LogP contribution in [-0.4, -0.2) is 17.6 Å². The fraction of sp³-hybridized carbons (Fsp3) is 0.0909. The molecule has 7 heteroatoms. The summed E-state index contributed by atoms with van der Waals surface area (Å²) in [7, 11) is 0. The summed E-state index contributed by atoms with van der Waals surface area (Å²) in [6, 6.07) is 19.7. The van der Waals surface area contributed by atoms with Gasteiger partial charge < -0.3 is 10.6 Å². The van der Waals surface area contributed by atoms with Gasteiger partial charge >= 0.3 is 0 Å². The standard InChI is InChI=1S/C22H18Cl2N2O2S/c1-14-4-2-3-5-20(14)22(28)26-17-6-8-19(9-7-17)29-13-21(27)25-18-11-15(23)10-16(24)12-18/h2-12H,13H2,1H3,(H,25,27)(H,26,28). The number of carbonyl (C=O) groups excluding carboxylic acids is 2. The van der Waals surface area contributed by atoms with E-state index in [0.717, 1.165) is 10.5 Å². The van der Waals surface area contributed by atoms with E-state index in [0.29, 0.717) is 27.0 Å². The van der Waals surface area contributed by atoms with Gasteiger partial charge in [0.25, 0.3) is 5.91 Å². The molecular formula is C22H18Cl2N2O2S. The Morgan fingerprint density at radius 2 is 1.52 bits per heavy atom. The molecule has 3 rings (SSSR count). The molecule has 0 radical (unpaired) electrons. The van der Waals surface area contributed by atoms with E-state index in [-0.39, 0.29) is 17.6 Å². The van der Waals surface area contributed by atoms with Gasteiger partial charge in [0.2, 0.25) is 5.91 Å². The Morgan fingerprint density at radius 1 is 0.862 bits per heavy atom. The highest BCUT2D eigenvalue weighted by Gasteiger charge is 2.09. The number of aryl methyl sites for hydroxylation is 1. The van der Waals surface area contributed by atoms with Crippen LogP contribution in [0.15, 0.2) is 71.6 Å². The third-order valence-electron chi connectivity index (χ3n) is 4.02. The lowest BCUT2D eigenvalue weighted by molar-refractivity contribution is -0.113. The van der Waals surface area contributed by atoms with Crippen molar-refractivity contribution in [3.8, 4) is 0 Å². The molecule has 0 heterocycles. The normalized spacial score (nSPS) is 10.4. The van der Waals surface area contributed by atoms with E-state index < -0.39 is 0 Å². The van der Waals surface area contributed by atoms with Crippen molar-refractivity contribution in [3.05, 3.63) is 87.9 Å². The molecular weight excluding hydrogens is 427 g/mol. The van der Waals surface area contributed by atoms with Gasteiger partial charge in [-0.2, -0.15) is 0 Å². The van der Waals surface area contributed by atoms with Gasteiger partial charge in [0.05, 0.1) is 5.75 Å². The second-order valence-electron chi connectivity index (χ2n) is 6.29. The van der Waals surface area contributed by atoms with E-state index in [1.807, 2.05) is 49.4 Å². The van der Waals surface area contributed by atoms with Crippen LogP contribution in [0.3, 0.4) is 0 Å². The van der Waals surface area contributed by atoms with Crippen LogP contribution in [0.2, 0.25) is 10.0 Å². The molecule has 0 saturated heterocycles. The molecule has 0 aromatic heterocycles. The maximum Gasteiger partial charge on any atom is 0.255 e. The molecule has 0 bridgehead atoms. The summed E-state index contributed by atoms with van der Waals surface area (Å²) in [6.45, 7) is 1.90. The summed E-state index contributed by atoms with van der Waals surface area (Å²) < 4.78 is 0. The van der Waals surface area contributed by atoms with Crippen LogP contribution in [0.5, 0.6) is 0 Å². The third-order valence-corrected chi connectivity index (χ3v) is 5.47. The second kappa shape index (κ2) is 9.83. The zero-order valence-electron chi connectivity index (χ0n) is 15.5. The lowest BCUT2D eigenvalue weighted by Crippen LogP contribution is -2.14. The average Bonchev–Trinajstić information content (AvgIpc) is 2.67. The molecule has 2 N–H and O–H groups in total. The predicted octanol–water partition coefficient (Wildman–Crippen LogP) is 6.28. The minimum atomic E-state index is -0.162. The number of hydrogen-bond donors (Lipinski definition) is 2. The van der Waals surface area contributed by atoms with E-state index in [4.69, 9.17) is 23.2 Å². The summed E-state index contributed by atoms with van der Waals surface area (Å²) in [5.41, 5.74) is 2.82. The number of hydrogen-bond acceptors (Lipinski definition) is 3. The molecule has 29 heavy (non-hydrogen) atoms. The lowest BCUT2D eigenvalue weighted by Gasteiger charge is -2.09. The fourth-order valence-corrected chi connectivity index (χ4v) is 3.86. The summed E-state index contributed by atoms with van der Waals surface area (Å²) in [6.07, 6.45) is 0. The first-order valence-corrected chi connectivity index (χ1v) is 10.5. The number of nitrogens with one attached hydrogen (secondary N) is 2. The topological polar surface area (TPSA) is 58.2 Å². The number of halogens is 2. The molecule has 0 aliphatic heterocycles. The smallest absolute Gasteiger partial charge is 0.255 e. The minimum Gasteiger partial charge on any atom is -0.325 e. The molecule has 0 saturated carbocycles. The van der Waals surface area contributed by atoms with Crippen molar-refractivity contribution < 1.29 is 9.59 Å². The number of rotatable bonds is 6. The third kappa shape index (κ3) is 6.26. The van der Waals surface area contributed by atoms with Gasteiger partial charge in [-0.15, -0.1) is 11.8 Å². The van der Waals surface area contributed by atoms with E-state index in [9.17, 15) is 9.59 Å². The highest BCUT2D eigenvalue weighted by atomic mass is 35.5. The van der Waals surface area contributed by atoms with Crippen LogP contribution < -0.4 is 10.6 Å².